The first kappa shape index (κ1) is 20.1. The van der Waals surface area contributed by atoms with E-state index in [2.05, 4.69) is 10.3 Å². The van der Waals surface area contributed by atoms with Gasteiger partial charge in [-0.1, -0.05) is 18.2 Å². The number of aromatic nitrogens is 1. The SMILES string of the molecule is COc1ccc2c(C[C@H](NC(=O)c3ccnc4ccccc34)C(N)=O)cc(=O)oc2c1. The third-order valence-corrected chi connectivity index (χ3v) is 5.00. The van der Waals surface area contributed by atoms with Crippen LogP contribution in [-0.2, 0) is 11.2 Å². The first-order valence-electron chi connectivity index (χ1n) is 9.51. The Morgan fingerprint density at radius 2 is 1.94 bits per heavy atom. The fourth-order valence-corrected chi connectivity index (χ4v) is 3.48. The molecule has 8 heteroatoms. The highest BCUT2D eigenvalue weighted by Crippen LogP contribution is 2.23. The average Bonchev–Trinajstić information content (AvgIpc) is 2.77. The van der Waals surface area contributed by atoms with Gasteiger partial charge >= 0.3 is 5.63 Å². The van der Waals surface area contributed by atoms with Gasteiger partial charge in [-0.25, -0.2) is 4.79 Å². The van der Waals surface area contributed by atoms with Gasteiger partial charge in [0.05, 0.1) is 18.2 Å². The molecule has 31 heavy (non-hydrogen) atoms. The topological polar surface area (TPSA) is 125 Å². The standard InChI is InChI=1S/C23H19N3O5/c1-30-14-6-7-15-13(11-21(27)31-20(15)12-14)10-19(22(24)28)26-23(29)17-8-9-25-18-5-3-2-4-16(17)18/h2-9,11-12,19H,10H2,1H3,(H2,24,28)(H,26,29)/t19-/m0/s1. The molecule has 4 rings (SSSR count). The van der Waals surface area contributed by atoms with Crippen molar-refractivity contribution in [3.05, 3.63) is 82.3 Å². The van der Waals surface area contributed by atoms with E-state index in [-0.39, 0.29) is 6.42 Å². The highest BCUT2D eigenvalue weighted by molar-refractivity contribution is 6.07. The number of para-hydroxylation sites is 1. The number of nitrogens with two attached hydrogens (primary N) is 1. The Bertz CT molecular complexity index is 1360. The van der Waals surface area contributed by atoms with E-state index in [1.54, 1.807) is 42.5 Å². The summed E-state index contributed by atoms with van der Waals surface area (Å²) in [5, 5.41) is 3.96. The molecule has 0 aliphatic heterocycles. The zero-order valence-electron chi connectivity index (χ0n) is 16.6. The van der Waals surface area contributed by atoms with Gasteiger partial charge in [0.25, 0.3) is 5.91 Å². The van der Waals surface area contributed by atoms with Crippen LogP contribution in [0.2, 0.25) is 0 Å². The van der Waals surface area contributed by atoms with Gasteiger partial charge in [-0.05, 0) is 29.8 Å². The van der Waals surface area contributed by atoms with Crippen LogP contribution in [0.4, 0.5) is 0 Å². The molecule has 0 radical (unpaired) electrons. The van der Waals surface area contributed by atoms with Crippen molar-refractivity contribution in [3.8, 4) is 5.75 Å². The Labute approximate surface area is 176 Å². The number of hydrogen-bond donors (Lipinski definition) is 2. The lowest BCUT2D eigenvalue weighted by molar-refractivity contribution is -0.119. The predicted octanol–water partition coefficient (Wildman–Crippen LogP) is 2.18. The van der Waals surface area contributed by atoms with Crippen LogP contribution in [0.3, 0.4) is 0 Å². The van der Waals surface area contributed by atoms with Crippen LogP contribution in [0, 0.1) is 0 Å². The third-order valence-electron chi connectivity index (χ3n) is 5.00. The number of pyridine rings is 1. The second-order valence-electron chi connectivity index (χ2n) is 6.96. The number of hydrogen-bond acceptors (Lipinski definition) is 6. The van der Waals surface area contributed by atoms with Crippen LogP contribution in [0.15, 0.2) is 70.0 Å². The van der Waals surface area contributed by atoms with Crippen molar-refractivity contribution < 1.29 is 18.7 Å². The number of ether oxygens (including phenoxy) is 1. The molecule has 0 aliphatic carbocycles. The molecule has 0 fully saturated rings. The molecule has 4 aromatic rings. The summed E-state index contributed by atoms with van der Waals surface area (Å²) in [6.07, 6.45) is 1.55. The van der Waals surface area contributed by atoms with E-state index in [9.17, 15) is 14.4 Å². The molecule has 8 nitrogen and oxygen atoms in total. The van der Waals surface area contributed by atoms with Crippen molar-refractivity contribution in [3.63, 3.8) is 0 Å². The van der Waals surface area contributed by atoms with Crippen LogP contribution in [0.5, 0.6) is 5.75 Å². The van der Waals surface area contributed by atoms with Crippen molar-refractivity contribution in [1.29, 1.82) is 0 Å². The number of nitrogens with zero attached hydrogens (tertiary/aromatic N) is 1. The minimum atomic E-state index is -1.04. The first-order chi connectivity index (χ1) is 15.0. The summed E-state index contributed by atoms with van der Waals surface area (Å²) in [4.78, 5) is 41.3. The van der Waals surface area contributed by atoms with Gasteiger partial charge in [0, 0.05) is 35.5 Å². The summed E-state index contributed by atoms with van der Waals surface area (Å²) in [5.74, 6) is -0.657. The highest BCUT2D eigenvalue weighted by Gasteiger charge is 2.22. The molecule has 0 spiro atoms. The number of amides is 2. The molecule has 2 amide bonds. The van der Waals surface area contributed by atoms with Crippen molar-refractivity contribution in [1.82, 2.24) is 10.3 Å². The molecule has 2 aromatic heterocycles. The lowest BCUT2D eigenvalue weighted by Gasteiger charge is -2.17. The van der Waals surface area contributed by atoms with E-state index in [1.165, 1.54) is 19.4 Å². The summed E-state index contributed by atoms with van der Waals surface area (Å²) in [6.45, 7) is 0. The normalized spacial score (nSPS) is 11.9. The molecule has 2 heterocycles. The fraction of sp³-hybridized carbons (Fsp3) is 0.130. The van der Waals surface area contributed by atoms with E-state index in [0.29, 0.717) is 38.7 Å². The van der Waals surface area contributed by atoms with Crippen LogP contribution in [0.25, 0.3) is 21.9 Å². The van der Waals surface area contributed by atoms with E-state index in [0.717, 1.165) is 0 Å². The van der Waals surface area contributed by atoms with Gasteiger partial charge in [-0.3, -0.25) is 14.6 Å². The zero-order valence-corrected chi connectivity index (χ0v) is 16.6. The number of nitrogens with one attached hydrogen (secondary N) is 1. The molecular formula is C23H19N3O5. The molecule has 2 aromatic carbocycles. The lowest BCUT2D eigenvalue weighted by atomic mass is 10.0. The Balaban J connectivity index is 1.67. The Morgan fingerprint density at radius 1 is 1.13 bits per heavy atom. The molecule has 0 unspecified atom stereocenters. The average molecular weight is 417 g/mol. The van der Waals surface area contributed by atoms with Crippen molar-refractivity contribution in [2.24, 2.45) is 5.73 Å². The number of benzene rings is 2. The van der Waals surface area contributed by atoms with Crippen LogP contribution in [0.1, 0.15) is 15.9 Å². The monoisotopic (exact) mass is 417 g/mol. The largest absolute Gasteiger partial charge is 0.497 e. The third kappa shape index (κ3) is 4.09. The first-order valence-corrected chi connectivity index (χ1v) is 9.51. The quantitative estimate of drug-likeness (QED) is 0.463. The summed E-state index contributed by atoms with van der Waals surface area (Å²) < 4.78 is 10.4. The maximum absolute atomic E-state index is 12.9. The molecule has 3 N–H and O–H groups in total. The second kappa shape index (κ2) is 8.27. The van der Waals surface area contributed by atoms with Gasteiger partial charge < -0.3 is 20.2 Å². The smallest absolute Gasteiger partial charge is 0.336 e. The zero-order chi connectivity index (χ0) is 22.0. The second-order valence-corrected chi connectivity index (χ2v) is 6.96. The highest BCUT2D eigenvalue weighted by atomic mass is 16.5. The maximum Gasteiger partial charge on any atom is 0.336 e. The maximum atomic E-state index is 12.9. The summed E-state index contributed by atoms with van der Waals surface area (Å²) in [5.41, 5.74) is 6.86. The van der Waals surface area contributed by atoms with Crippen molar-refractivity contribution in [2.75, 3.05) is 7.11 Å². The van der Waals surface area contributed by atoms with E-state index in [4.69, 9.17) is 14.9 Å². The van der Waals surface area contributed by atoms with Gasteiger partial charge in [0.15, 0.2) is 0 Å². The molecule has 0 aliphatic rings. The van der Waals surface area contributed by atoms with Crippen LogP contribution in [-0.4, -0.2) is 29.9 Å². The molecule has 0 bridgehead atoms. The summed E-state index contributed by atoms with van der Waals surface area (Å²) in [6, 6.07) is 14.1. The number of carbonyl (C=O) groups is 2. The number of methoxy groups -OCH3 is 1. The van der Waals surface area contributed by atoms with Gasteiger partial charge in [-0.15, -0.1) is 0 Å². The van der Waals surface area contributed by atoms with Gasteiger partial charge in [0.1, 0.15) is 17.4 Å². The number of rotatable bonds is 6. The number of carbonyl (C=O) groups excluding carboxylic acids is 2. The molecular weight excluding hydrogens is 398 g/mol. The summed E-state index contributed by atoms with van der Waals surface area (Å²) in [7, 11) is 1.50. The molecule has 0 saturated heterocycles. The Kier molecular flexibility index (Phi) is 5.36. The number of primary amides is 1. The van der Waals surface area contributed by atoms with Crippen LogP contribution < -0.4 is 21.4 Å². The van der Waals surface area contributed by atoms with E-state index in [1.807, 2.05) is 6.07 Å². The van der Waals surface area contributed by atoms with Gasteiger partial charge in [0.2, 0.25) is 5.91 Å². The minimum Gasteiger partial charge on any atom is -0.497 e. The van der Waals surface area contributed by atoms with E-state index >= 15 is 0 Å². The Hall–Kier alpha value is -4.20. The predicted molar refractivity (Wildman–Crippen MR) is 115 cm³/mol. The van der Waals surface area contributed by atoms with Gasteiger partial charge in [-0.2, -0.15) is 0 Å². The van der Waals surface area contributed by atoms with Crippen LogP contribution >= 0.6 is 0 Å². The molecule has 1 atom stereocenters. The van der Waals surface area contributed by atoms with Crippen molar-refractivity contribution in [2.45, 2.75) is 12.5 Å². The minimum absolute atomic E-state index is 0.0263. The summed E-state index contributed by atoms with van der Waals surface area (Å²) >= 11 is 0. The fourth-order valence-electron chi connectivity index (χ4n) is 3.48. The Morgan fingerprint density at radius 3 is 2.71 bits per heavy atom. The van der Waals surface area contributed by atoms with Crippen molar-refractivity contribution >= 4 is 33.7 Å². The molecule has 156 valence electrons. The lowest BCUT2D eigenvalue weighted by Crippen LogP contribution is -2.46. The molecule has 0 saturated carbocycles. The number of fused-ring (bicyclic) bond motifs is 2. The van der Waals surface area contributed by atoms with E-state index < -0.39 is 23.5 Å².